The van der Waals surface area contributed by atoms with Crippen LogP contribution in [0, 0.1) is 12.8 Å². The number of benzene rings is 2. The number of anilines is 1. The first-order valence-corrected chi connectivity index (χ1v) is 14.5. The molecule has 0 spiro atoms. The van der Waals surface area contributed by atoms with Gasteiger partial charge in [-0.15, -0.1) is 11.3 Å². The molecule has 1 heterocycles. The van der Waals surface area contributed by atoms with Gasteiger partial charge < -0.3 is 15.6 Å². The highest BCUT2D eigenvalue weighted by atomic mass is 32.2. The van der Waals surface area contributed by atoms with E-state index in [9.17, 15) is 23.5 Å². The standard InChI is InChI=1S/C26H34N4O6S2/c1-18(2)15-29(38(34,35)25-10-6-21(27)7-11-25)13-12-23(30(33)26(31)32)14-20-4-8-24(9-5-20)36-16-22-17-37-19(3)28-22/h4-11,17-18,23,33H,12-16,27H2,1-3H3,(H,31,32). The highest BCUT2D eigenvalue weighted by Gasteiger charge is 2.29. The van der Waals surface area contributed by atoms with Gasteiger partial charge in [0.05, 0.1) is 21.6 Å². The molecule has 1 amide bonds. The summed E-state index contributed by atoms with van der Waals surface area (Å²) in [4.78, 5) is 16.1. The van der Waals surface area contributed by atoms with Crippen LogP contribution in [-0.2, 0) is 23.1 Å². The number of carboxylic acid groups (broad SMARTS) is 1. The summed E-state index contributed by atoms with van der Waals surface area (Å²) in [6.45, 7) is 6.33. The summed E-state index contributed by atoms with van der Waals surface area (Å²) in [6.07, 6.45) is -1.23. The van der Waals surface area contributed by atoms with Gasteiger partial charge in [-0.2, -0.15) is 9.37 Å². The van der Waals surface area contributed by atoms with E-state index in [-0.39, 0.29) is 41.8 Å². The van der Waals surface area contributed by atoms with E-state index in [0.717, 1.165) is 16.3 Å². The number of sulfonamides is 1. The Morgan fingerprint density at radius 3 is 2.34 bits per heavy atom. The summed E-state index contributed by atoms with van der Waals surface area (Å²) in [5, 5.41) is 22.9. The van der Waals surface area contributed by atoms with Crippen LogP contribution in [0.5, 0.6) is 5.75 Å². The van der Waals surface area contributed by atoms with Gasteiger partial charge >= 0.3 is 6.09 Å². The van der Waals surface area contributed by atoms with Gasteiger partial charge in [0.25, 0.3) is 0 Å². The lowest BCUT2D eigenvalue weighted by atomic mass is 10.0. The van der Waals surface area contributed by atoms with E-state index in [4.69, 9.17) is 10.5 Å². The number of amides is 1. The largest absolute Gasteiger partial charge is 0.487 e. The first kappa shape index (κ1) is 29.4. The molecule has 2 aromatic carbocycles. The molecule has 1 atom stereocenters. The van der Waals surface area contributed by atoms with Gasteiger partial charge in [0, 0.05) is 24.2 Å². The van der Waals surface area contributed by atoms with Crippen molar-refractivity contribution in [1.29, 1.82) is 0 Å². The number of nitrogens with two attached hydrogens (primary N) is 1. The van der Waals surface area contributed by atoms with Crippen LogP contribution in [0.2, 0.25) is 0 Å². The number of aryl methyl sites for hydroxylation is 1. The fraction of sp³-hybridized carbons (Fsp3) is 0.385. The van der Waals surface area contributed by atoms with Gasteiger partial charge in [-0.3, -0.25) is 5.21 Å². The Morgan fingerprint density at radius 1 is 1.13 bits per heavy atom. The SMILES string of the molecule is Cc1nc(COc2ccc(CC(CCN(CC(C)C)S(=O)(=O)c3ccc(N)cc3)N(O)C(=O)O)cc2)cs1. The van der Waals surface area contributed by atoms with E-state index >= 15 is 0 Å². The first-order valence-electron chi connectivity index (χ1n) is 12.1. The number of nitrogen functional groups attached to an aromatic ring is 1. The molecule has 0 aliphatic rings. The fourth-order valence-corrected chi connectivity index (χ4v) is 6.11. The molecule has 206 valence electrons. The van der Waals surface area contributed by atoms with Crippen LogP contribution >= 0.6 is 11.3 Å². The normalized spacial score (nSPS) is 12.6. The van der Waals surface area contributed by atoms with Crippen LogP contribution in [0.1, 0.15) is 36.5 Å². The van der Waals surface area contributed by atoms with Gasteiger partial charge in [-0.05, 0) is 67.6 Å². The maximum absolute atomic E-state index is 13.3. The Morgan fingerprint density at radius 2 is 1.79 bits per heavy atom. The van der Waals surface area contributed by atoms with E-state index in [2.05, 4.69) is 4.98 Å². The summed E-state index contributed by atoms with van der Waals surface area (Å²) < 4.78 is 33.7. The molecule has 3 rings (SSSR count). The highest BCUT2D eigenvalue weighted by molar-refractivity contribution is 7.89. The molecule has 1 aromatic heterocycles. The molecule has 0 aliphatic carbocycles. The quantitative estimate of drug-likeness (QED) is 0.155. The predicted octanol–water partition coefficient (Wildman–Crippen LogP) is 4.63. The third kappa shape index (κ3) is 8.15. The van der Waals surface area contributed by atoms with Crippen molar-refractivity contribution in [2.75, 3.05) is 18.8 Å². The Labute approximate surface area is 227 Å². The van der Waals surface area contributed by atoms with E-state index in [0.29, 0.717) is 18.0 Å². The molecule has 3 aromatic rings. The van der Waals surface area contributed by atoms with Crippen LogP contribution in [0.4, 0.5) is 10.5 Å². The predicted molar refractivity (Wildman–Crippen MR) is 146 cm³/mol. The van der Waals surface area contributed by atoms with Crippen molar-refractivity contribution in [2.45, 2.75) is 51.2 Å². The monoisotopic (exact) mass is 562 g/mol. The second-order valence-electron chi connectivity index (χ2n) is 9.39. The minimum absolute atomic E-state index is 0.0220. The van der Waals surface area contributed by atoms with Crippen molar-refractivity contribution in [3.8, 4) is 5.75 Å². The molecule has 38 heavy (non-hydrogen) atoms. The molecular formula is C26H34N4O6S2. The number of hydroxylamine groups is 2. The van der Waals surface area contributed by atoms with E-state index in [1.54, 1.807) is 35.6 Å². The molecule has 4 N–H and O–H groups in total. The van der Waals surface area contributed by atoms with Crippen LogP contribution in [0.25, 0.3) is 0 Å². The number of aromatic nitrogens is 1. The lowest BCUT2D eigenvalue weighted by Gasteiger charge is -2.28. The number of carbonyl (C=O) groups is 1. The third-order valence-corrected chi connectivity index (χ3v) is 8.49. The average molecular weight is 563 g/mol. The number of hydrogen-bond donors (Lipinski definition) is 3. The zero-order valence-corrected chi connectivity index (χ0v) is 23.3. The van der Waals surface area contributed by atoms with Gasteiger partial charge in [-0.25, -0.2) is 18.2 Å². The Bertz CT molecular complexity index is 1290. The van der Waals surface area contributed by atoms with Crippen molar-refractivity contribution in [1.82, 2.24) is 14.4 Å². The van der Waals surface area contributed by atoms with Gasteiger partial charge in [-0.1, -0.05) is 26.0 Å². The van der Waals surface area contributed by atoms with Crippen molar-refractivity contribution < 1.29 is 28.3 Å². The zero-order chi connectivity index (χ0) is 27.9. The molecule has 0 saturated heterocycles. The summed E-state index contributed by atoms with van der Waals surface area (Å²) in [5.41, 5.74) is 7.77. The second-order valence-corrected chi connectivity index (χ2v) is 12.4. The first-order chi connectivity index (χ1) is 18.0. The third-order valence-electron chi connectivity index (χ3n) is 5.79. The van der Waals surface area contributed by atoms with Crippen LogP contribution in [0.15, 0.2) is 58.8 Å². The van der Waals surface area contributed by atoms with Crippen LogP contribution in [0.3, 0.4) is 0 Å². The van der Waals surface area contributed by atoms with Crippen molar-refractivity contribution in [3.05, 3.63) is 70.2 Å². The minimum atomic E-state index is -3.85. The topological polar surface area (TPSA) is 146 Å². The molecule has 0 fully saturated rings. The summed E-state index contributed by atoms with van der Waals surface area (Å²) in [5.74, 6) is 0.662. The van der Waals surface area contributed by atoms with Crippen molar-refractivity contribution in [2.24, 2.45) is 5.92 Å². The molecule has 0 saturated carbocycles. The highest BCUT2D eigenvalue weighted by Crippen LogP contribution is 2.22. The molecule has 0 radical (unpaired) electrons. The number of ether oxygens (including phenoxy) is 1. The van der Waals surface area contributed by atoms with Gasteiger partial charge in [0.15, 0.2) is 0 Å². The number of nitrogens with zero attached hydrogens (tertiary/aromatic N) is 3. The van der Waals surface area contributed by atoms with Crippen molar-refractivity contribution >= 4 is 33.1 Å². The summed E-state index contributed by atoms with van der Waals surface area (Å²) >= 11 is 1.55. The molecule has 10 nitrogen and oxygen atoms in total. The minimum Gasteiger partial charge on any atom is -0.487 e. The molecule has 0 aliphatic heterocycles. The Hall–Kier alpha value is -3.19. The fourth-order valence-electron chi connectivity index (χ4n) is 3.89. The van der Waals surface area contributed by atoms with E-state index in [1.807, 2.05) is 26.2 Å². The maximum atomic E-state index is 13.3. The maximum Gasteiger partial charge on any atom is 0.431 e. The Kier molecular flexibility index (Phi) is 10.1. The zero-order valence-electron chi connectivity index (χ0n) is 21.6. The van der Waals surface area contributed by atoms with Gasteiger partial charge in [0.1, 0.15) is 12.4 Å². The number of hydrogen-bond acceptors (Lipinski definition) is 8. The summed E-state index contributed by atoms with van der Waals surface area (Å²) in [6, 6.07) is 12.2. The van der Waals surface area contributed by atoms with Crippen LogP contribution in [-0.4, -0.2) is 58.3 Å². The number of rotatable bonds is 13. The lowest BCUT2D eigenvalue weighted by molar-refractivity contribution is -0.0984. The average Bonchev–Trinajstić information content (AvgIpc) is 3.29. The van der Waals surface area contributed by atoms with Crippen LogP contribution < -0.4 is 10.5 Å². The Balaban J connectivity index is 1.71. The van der Waals surface area contributed by atoms with Crippen molar-refractivity contribution in [3.63, 3.8) is 0 Å². The molecule has 12 heteroatoms. The molecular weight excluding hydrogens is 528 g/mol. The smallest absolute Gasteiger partial charge is 0.431 e. The summed E-state index contributed by atoms with van der Waals surface area (Å²) in [7, 11) is -3.85. The lowest BCUT2D eigenvalue weighted by Crippen LogP contribution is -2.42. The molecule has 1 unspecified atom stereocenters. The van der Waals surface area contributed by atoms with E-state index < -0.39 is 22.2 Å². The van der Waals surface area contributed by atoms with E-state index in [1.165, 1.54) is 28.6 Å². The van der Waals surface area contributed by atoms with Gasteiger partial charge in [0.2, 0.25) is 10.0 Å². The second kappa shape index (κ2) is 13.1. The molecule has 0 bridgehead atoms. The number of thiazole rings is 1.